The van der Waals surface area contributed by atoms with Crippen LogP contribution >= 0.6 is 34.9 Å². The quantitative estimate of drug-likeness (QED) is 0.435. The van der Waals surface area contributed by atoms with Crippen LogP contribution < -0.4 is 10.6 Å². The summed E-state index contributed by atoms with van der Waals surface area (Å²) in [6, 6.07) is 10.0. The lowest BCUT2D eigenvalue weighted by Crippen LogP contribution is -2.32. The maximum atomic E-state index is 12.0. The molecular formula is C18H22N4O3S3. The SMILES string of the molecule is O=C(CSc1nnc(NC(=O)CSCc2ccccc2)s1)NCC1CCCO1. The van der Waals surface area contributed by atoms with E-state index in [-0.39, 0.29) is 23.7 Å². The fourth-order valence-electron chi connectivity index (χ4n) is 2.52. The Balaban J connectivity index is 1.31. The molecule has 1 aromatic carbocycles. The van der Waals surface area contributed by atoms with E-state index in [0.29, 0.717) is 21.8 Å². The largest absolute Gasteiger partial charge is 0.376 e. The lowest BCUT2D eigenvalue weighted by atomic mass is 10.2. The zero-order valence-corrected chi connectivity index (χ0v) is 17.7. The number of amides is 2. The van der Waals surface area contributed by atoms with Gasteiger partial charge in [-0.2, -0.15) is 0 Å². The normalized spacial score (nSPS) is 16.1. The number of aromatic nitrogens is 2. The van der Waals surface area contributed by atoms with Gasteiger partial charge >= 0.3 is 0 Å². The van der Waals surface area contributed by atoms with Crippen molar-refractivity contribution in [1.82, 2.24) is 15.5 Å². The van der Waals surface area contributed by atoms with E-state index in [1.807, 2.05) is 30.3 Å². The number of carbonyl (C=O) groups is 2. The predicted octanol–water partition coefficient (Wildman–Crippen LogP) is 2.80. The molecule has 3 rings (SSSR count). The molecule has 1 aromatic heterocycles. The van der Waals surface area contributed by atoms with Gasteiger partial charge < -0.3 is 10.1 Å². The van der Waals surface area contributed by atoms with E-state index in [4.69, 9.17) is 4.74 Å². The van der Waals surface area contributed by atoms with Gasteiger partial charge in [0.1, 0.15) is 0 Å². The number of thioether (sulfide) groups is 2. The number of rotatable bonds is 10. The van der Waals surface area contributed by atoms with E-state index in [9.17, 15) is 9.59 Å². The summed E-state index contributed by atoms with van der Waals surface area (Å²) < 4.78 is 6.13. The van der Waals surface area contributed by atoms with Gasteiger partial charge in [-0.15, -0.1) is 22.0 Å². The Morgan fingerprint density at radius 1 is 1.18 bits per heavy atom. The van der Waals surface area contributed by atoms with Crippen molar-refractivity contribution in [3.63, 3.8) is 0 Å². The van der Waals surface area contributed by atoms with E-state index < -0.39 is 0 Å². The van der Waals surface area contributed by atoms with Gasteiger partial charge in [0.15, 0.2) is 4.34 Å². The molecule has 0 spiro atoms. The average molecular weight is 439 g/mol. The molecule has 1 aliphatic rings. The zero-order chi connectivity index (χ0) is 19.6. The molecule has 7 nitrogen and oxygen atoms in total. The number of ether oxygens (including phenoxy) is 1. The Morgan fingerprint density at radius 3 is 2.82 bits per heavy atom. The second-order valence-corrected chi connectivity index (χ2v) is 9.31. The maximum absolute atomic E-state index is 12.0. The Bertz CT molecular complexity index is 766. The van der Waals surface area contributed by atoms with Crippen molar-refractivity contribution in [1.29, 1.82) is 0 Å². The number of hydrogen-bond donors (Lipinski definition) is 2. The third-order valence-electron chi connectivity index (χ3n) is 3.88. The fourth-order valence-corrected chi connectivity index (χ4v) is 4.91. The predicted molar refractivity (Wildman–Crippen MR) is 114 cm³/mol. The average Bonchev–Trinajstić information content (AvgIpc) is 3.37. The van der Waals surface area contributed by atoms with Gasteiger partial charge in [-0.25, -0.2) is 0 Å². The molecule has 2 aromatic rings. The highest BCUT2D eigenvalue weighted by molar-refractivity contribution is 8.01. The highest BCUT2D eigenvalue weighted by Crippen LogP contribution is 2.25. The van der Waals surface area contributed by atoms with E-state index in [0.717, 1.165) is 25.2 Å². The third-order valence-corrected chi connectivity index (χ3v) is 6.85. The molecule has 0 aliphatic carbocycles. The second-order valence-electron chi connectivity index (χ2n) is 6.13. The van der Waals surface area contributed by atoms with Crippen LogP contribution in [0.5, 0.6) is 0 Å². The number of anilines is 1. The summed E-state index contributed by atoms with van der Waals surface area (Å²) in [5.41, 5.74) is 1.19. The van der Waals surface area contributed by atoms with Gasteiger partial charge in [-0.1, -0.05) is 53.4 Å². The summed E-state index contributed by atoms with van der Waals surface area (Å²) >= 11 is 4.13. The fraction of sp³-hybridized carbons (Fsp3) is 0.444. The molecule has 10 heteroatoms. The molecule has 1 atom stereocenters. The monoisotopic (exact) mass is 438 g/mol. The first-order valence-corrected chi connectivity index (χ1v) is 11.9. The van der Waals surface area contributed by atoms with Gasteiger partial charge in [-0.3, -0.25) is 14.9 Å². The van der Waals surface area contributed by atoms with Crippen molar-refractivity contribution in [2.45, 2.75) is 29.0 Å². The van der Waals surface area contributed by atoms with E-state index >= 15 is 0 Å². The molecule has 2 amide bonds. The minimum absolute atomic E-state index is 0.0569. The van der Waals surface area contributed by atoms with Crippen LogP contribution in [0, 0.1) is 0 Å². The highest BCUT2D eigenvalue weighted by Gasteiger charge is 2.16. The van der Waals surface area contributed by atoms with E-state index in [2.05, 4.69) is 20.8 Å². The summed E-state index contributed by atoms with van der Waals surface area (Å²) in [4.78, 5) is 23.9. The molecule has 28 heavy (non-hydrogen) atoms. The molecule has 1 fully saturated rings. The lowest BCUT2D eigenvalue weighted by molar-refractivity contribution is -0.119. The molecule has 150 valence electrons. The van der Waals surface area contributed by atoms with Crippen LogP contribution in [-0.4, -0.2) is 52.8 Å². The van der Waals surface area contributed by atoms with Crippen LogP contribution in [0.1, 0.15) is 18.4 Å². The van der Waals surface area contributed by atoms with Crippen molar-refractivity contribution in [2.75, 3.05) is 30.0 Å². The Labute approximate surface area is 176 Å². The maximum Gasteiger partial charge on any atom is 0.236 e. The first-order valence-electron chi connectivity index (χ1n) is 8.95. The van der Waals surface area contributed by atoms with Crippen LogP contribution in [0.15, 0.2) is 34.7 Å². The minimum atomic E-state index is -0.108. The van der Waals surface area contributed by atoms with Crippen molar-refractivity contribution in [2.24, 2.45) is 0 Å². The van der Waals surface area contributed by atoms with Crippen LogP contribution in [0.25, 0.3) is 0 Å². The van der Waals surface area contributed by atoms with Crippen molar-refractivity contribution in [3.8, 4) is 0 Å². The van der Waals surface area contributed by atoms with E-state index in [1.54, 1.807) is 11.8 Å². The first kappa shape index (κ1) is 21.1. The van der Waals surface area contributed by atoms with Crippen LogP contribution in [-0.2, 0) is 20.1 Å². The second kappa shape index (κ2) is 11.4. The smallest absolute Gasteiger partial charge is 0.236 e. The summed E-state index contributed by atoms with van der Waals surface area (Å²) in [6.07, 6.45) is 2.19. The van der Waals surface area contributed by atoms with Crippen LogP contribution in [0.2, 0.25) is 0 Å². The first-order chi connectivity index (χ1) is 13.7. The molecule has 2 N–H and O–H groups in total. The summed E-state index contributed by atoms with van der Waals surface area (Å²) in [6.45, 7) is 1.33. The number of nitrogens with zero attached hydrogens (tertiary/aromatic N) is 2. The van der Waals surface area contributed by atoms with Crippen molar-refractivity contribution >= 4 is 51.8 Å². The number of hydrogen-bond acceptors (Lipinski definition) is 8. The lowest BCUT2D eigenvalue weighted by Gasteiger charge is -2.09. The van der Waals surface area contributed by atoms with E-state index in [1.165, 1.54) is 28.7 Å². The number of carbonyl (C=O) groups excluding carboxylic acids is 2. The Morgan fingerprint density at radius 2 is 2.04 bits per heavy atom. The summed E-state index contributed by atoms with van der Waals surface area (Å²) in [5.74, 6) is 1.23. The standard InChI is InChI=1S/C18H22N4O3S3/c23-15(19-9-14-7-4-8-25-14)12-27-18-22-21-17(28-18)20-16(24)11-26-10-13-5-2-1-3-6-13/h1-3,5-6,14H,4,7-12H2,(H,19,23)(H,20,21,24). The molecule has 1 aliphatic heterocycles. The molecule has 2 heterocycles. The van der Waals surface area contributed by atoms with Gasteiger partial charge in [0.05, 0.1) is 17.6 Å². The number of benzene rings is 1. The molecule has 1 saturated heterocycles. The Hall–Kier alpha value is -1.62. The highest BCUT2D eigenvalue weighted by atomic mass is 32.2. The summed E-state index contributed by atoms with van der Waals surface area (Å²) in [7, 11) is 0. The van der Waals surface area contributed by atoms with Gasteiger partial charge in [-0.05, 0) is 18.4 Å². The van der Waals surface area contributed by atoms with Crippen LogP contribution in [0.3, 0.4) is 0 Å². The molecule has 0 bridgehead atoms. The van der Waals surface area contributed by atoms with Crippen molar-refractivity contribution in [3.05, 3.63) is 35.9 Å². The molecule has 0 saturated carbocycles. The molecule has 0 radical (unpaired) electrons. The molecule has 1 unspecified atom stereocenters. The Kier molecular flexibility index (Phi) is 8.59. The van der Waals surface area contributed by atoms with Gasteiger partial charge in [0.2, 0.25) is 16.9 Å². The molecular weight excluding hydrogens is 416 g/mol. The topological polar surface area (TPSA) is 93.2 Å². The van der Waals surface area contributed by atoms with Gasteiger partial charge in [0, 0.05) is 18.9 Å². The van der Waals surface area contributed by atoms with Crippen molar-refractivity contribution < 1.29 is 14.3 Å². The minimum Gasteiger partial charge on any atom is -0.376 e. The van der Waals surface area contributed by atoms with Gasteiger partial charge in [0.25, 0.3) is 0 Å². The van der Waals surface area contributed by atoms with Crippen LogP contribution in [0.4, 0.5) is 5.13 Å². The third kappa shape index (κ3) is 7.42. The number of nitrogens with one attached hydrogen (secondary N) is 2. The zero-order valence-electron chi connectivity index (χ0n) is 15.3. The summed E-state index contributed by atoms with van der Waals surface area (Å²) in [5, 5.41) is 14.1.